The van der Waals surface area contributed by atoms with E-state index in [0.29, 0.717) is 17.0 Å². The van der Waals surface area contributed by atoms with Gasteiger partial charge in [-0.05, 0) is 23.6 Å². The minimum absolute atomic E-state index is 0.159. The number of carbonyl (C=O) groups is 2. The Labute approximate surface area is 149 Å². The molecule has 0 radical (unpaired) electrons. The Morgan fingerprint density at radius 2 is 2.00 bits per heavy atom. The van der Waals surface area contributed by atoms with E-state index in [4.69, 9.17) is 9.72 Å². The van der Waals surface area contributed by atoms with Crippen molar-refractivity contribution in [1.82, 2.24) is 15.3 Å². The molecular weight excluding hydrogens is 330 g/mol. The third kappa shape index (κ3) is 2.55. The molecule has 2 aromatic heterocycles. The van der Waals surface area contributed by atoms with Gasteiger partial charge in [-0.3, -0.25) is 14.6 Å². The Bertz CT molecular complexity index is 1090. The molecule has 0 bridgehead atoms. The van der Waals surface area contributed by atoms with Crippen LogP contribution in [0.15, 0.2) is 42.6 Å². The third-order valence-corrected chi connectivity index (χ3v) is 4.58. The first-order valence-corrected chi connectivity index (χ1v) is 8.31. The van der Waals surface area contributed by atoms with E-state index in [1.165, 1.54) is 13.0 Å². The molecule has 0 saturated heterocycles. The van der Waals surface area contributed by atoms with Crippen LogP contribution in [0.2, 0.25) is 0 Å². The molecule has 1 aliphatic rings. The van der Waals surface area contributed by atoms with Gasteiger partial charge in [0.15, 0.2) is 0 Å². The number of allylic oxidation sites excluding steroid dienone is 1. The van der Waals surface area contributed by atoms with Crippen LogP contribution in [0.1, 0.15) is 23.1 Å². The van der Waals surface area contributed by atoms with Crippen molar-refractivity contribution in [2.24, 2.45) is 0 Å². The molecule has 6 heteroatoms. The standard InChI is InChI=1S/C20H17N3O3/c1-11(24)22-10-17(26-2)14-9-16(25)20-18-13(7-8-21-20)12-5-3-4-6-15(12)23-19(14)18/h3-9,17H,10H2,1-2H3,(H,22,24). The zero-order valence-corrected chi connectivity index (χ0v) is 14.4. The highest BCUT2D eigenvalue weighted by atomic mass is 16.5. The maximum atomic E-state index is 12.7. The SMILES string of the molecule is COC(CNC(C)=O)C1=CC(=O)c2nccc3c2c1nc1ccccc13. The number of pyridine rings is 2. The molecule has 1 aliphatic carbocycles. The first-order chi connectivity index (χ1) is 12.6. The van der Waals surface area contributed by atoms with Crippen LogP contribution in [0, 0.1) is 0 Å². The van der Waals surface area contributed by atoms with Gasteiger partial charge in [-0.2, -0.15) is 0 Å². The number of ether oxygens (including phenoxy) is 1. The second-order valence-corrected chi connectivity index (χ2v) is 6.19. The van der Waals surface area contributed by atoms with Crippen LogP contribution in [-0.4, -0.2) is 41.4 Å². The predicted octanol–water partition coefficient (Wildman–Crippen LogP) is 2.51. The Hall–Kier alpha value is -3.12. The smallest absolute Gasteiger partial charge is 0.216 e. The molecular formula is C20H17N3O3. The van der Waals surface area contributed by atoms with E-state index in [9.17, 15) is 9.59 Å². The molecule has 0 spiro atoms. The summed E-state index contributed by atoms with van der Waals surface area (Å²) in [5, 5.41) is 5.38. The number of aromatic nitrogens is 2. The van der Waals surface area contributed by atoms with Gasteiger partial charge in [0.05, 0.1) is 11.2 Å². The number of nitrogens with one attached hydrogen (secondary N) is 1. The van der Waals surface area contributed by atoms with Gasteiger partial charge in [-0.1, -0.05) is 18.2 Å². The molecule has 2 heterocycles. The summed E-state index contributed by atoms with van der Waals surface area (Å²) < 4.78 is 5.55. The Morgan fingerprint density at radius 1 is 1.19 bits per heavy atom. The van der Waals surface area contributed by atoms with Gasteiger partial charge in [0.25, 0.3) is 0 Å². The summed E-state index contributed by atoms with van der Waals surface area (Å²) >= 11 is 0. The molecule has 1 N–H and O–H groups in total. The fraction of sp³-hybridized carbons (Fsp3) is 0.200. The molecule has 1 unspecified atom stereocenters. The van der Waals surface area contributed by atoms with E-state index >= 15 is 0 Å². The summed E-state index contributed by atoms with van der Waals surface area (Å²) in [6.45, 7) is 1.70. The Balaban J connectivity index is 1.98. The Morgan fingerprint density at radius 3 is 2.77 bits per heavy atom. The molecule has 0 saturated carbocycles. The van der Waals surface area contributed by atoms with Gasteiger partial charge in [0.2, 0.25) is 11.7 Å². The number of para-hydroxylation sites is 1. The fourth-order valence-corrected chi connectivity index (χ4v) is 3.38. The quantitative estimate of drug-likeness (QED) is 0.734. The van der Waals surface area contributed by atoms with E-state index in [1.807, 2.05) is 30.3 Å². The number of rotatable bonds is 4. The van der Waals surface area contributed by atoms with Crippen molar-refractivity contribution in [3.8, 4) is 0 Å². The maximum absolute atomic E-state index is 12.7. The van der Waals surface area contributed by atoms with E-state index in [1.54, 1.807) is 13.3 Å². The summed E-state index contributed by atoms with van der Waals surface area (Å²) in [4.78, 5) is 33.0. The van der Waals surface area contributed by atoms with E-state index in [-0.39, 0.29) is 18.2 Å². The first kappa shape index (κ1) is 16.4. The van der Waals surface area contributed by atoms with Gasteiger partial charge in [-0.25, -0.2) is 4.98 Å². The molecule has 3 aromatic rings. The minimum Gasteiger partial charge on any atom is -0.375 e. The maximum Gasteiger partial charge on any atom is 0.216 e. The van der Waals surface area contributed by atoms with Crippen molar-refractivity contribution < 1.29 is 14.3 Å². The summed E-state index contributed by atoms with van der Waals surface area (Å²) in [6, 6.07) is 9.70. The van der Waals surface area contributed by atoms with Gasteiger partial charge >= 0.3 is 0 Å². The number of carbonyl (C=O) groups excluding carboxylic acids is 2. The molecule has 1 aromatic carbocycles. The van der Waals surface area contributed by atoms with Crippen LogP contribution in [0.25, 0.3) is 27.2 Å². The van der Waals surface area contributed by atoms with Gasteiger partial charge in [0.1, 0.15) is 11.8 Å². The summed E-state index contributed by atoms with van der Waals surface area (Å²) in [5.41, 5.74) is 2.57. The second kappa shape index (κ2) is 6.31. The highest BCUT2D eigenvalue weighted by Gasteiger charge is 2.28. The van der Waals surface area contributed by atoms with Gasteiger partial charge in [-0.15, -0.1) is 0 Å². The van der Waals surface area contributed by atoms with Crippen LogP contribution < -0.4 is 5.32 Å². The lowest BCUT2D eigenvalue weighted by molar-refractivity contribution is -0.119. The highest BCUT2D eigenvalue weighted by Crippen LogP contribution is 2.36. The molecule has 4 rings (SSSR count). The van der Waals surface area contributed by atoms with Crippen LogP contribution in [0.5, 0.6) is 0 Å². The number of hydrogen-bond acceptors (Lipinski definition) is 5. The van der Waals surface area contributed by atoms with Crippen molar-refractivity contribution in [1.29, 1.82) is 0 Å². The Kier molecular flexibility index (Phi) is 3.97. The first-order valence-electron chi connectivity index (χ1n) is 8.31. The van der Waals surface area contributed by atoms with Crippen molar-refractivity contribution in [3.63, 3.8) is 0 Å². The third-order valence-electron chi connectivity index (χ3n) is 4.58. The fourth-order valence-electron chi connectivity index (χ4n) is 3.38. The number of hydrogen-bond donors (Lipinski definition) is 1. The largest absolute Gasteiger partial charge is 0.375 e. The molecule has 0 aliphatic heterocycles. The predicted molar refractivity (Wildman–Crippen MR) is 98.8 cm³/mol. The zero-order valence-electron chi connectivity index (χ0n) is 14.4. The summed E-state index contributed by atoms with van der Waals surface area (Å²) in [7, 11) is 1.55. The normalized spacial score (nSPS) is 14.4. The lowest BCUT2D eigenvalue weighted by atomic mass is 9.90. The number of benzene rings is 1. The number of amides is 1. The molecule has 26 heavy (non-hydrogen) atoms. The number of ketones is 1. The second-order valence-electron chi connectivity index (χ2n) is 6.19. The monoisotopic (exact) mass is 347 g/mol. The lowest BCUT2D eigenvalue weighted by Gasteiger charge is -2.23. The van der Waals surface area contributed by atoms with E-state index in [2.05, 4.69) is 10.3 Å². The zero-order chi connectivity index (χ0) is 18.3. The van der Waals surface area contributed by atoms with E-state index < -0.39 is 6.10 Å². The molecule has 130 valence electrons. The molecule has 0 fully saturated rings. The van der Waals surface area contributed by atoms with Gasteiger partial charge in [0, 0.05) is 43.1 Å². The molecule has 1 atom stereocenters. The van der Waals surface area contributed by atoms with E-state index in [0.717, 1.165) is 21.7 Å². The average molecular weight is 347 g/mol. The van der Waals surface area contributed by atoms with Crippen LogP contribution in [0.4, 0.5) is 0 Å². The van der Waals surface area contributed by atoms with Crippen molar-refractivity contribution in [2.75, 3.05) is 13.7 Å². The number of fused-ring (bicyclic) bond motifs is 2. The van der Waals surface area contributed by atoms with Crippen LogP contribution >= 0.6 is 0 Å². The minimum atomic E-state index is -0.479. The highest BCUT2D eigenvalue weighted by molar-refractivity contribution is 6.24. The summed E-state index contributed by atoms with van der Waals surface area (Å²) in [5.74, 6) is -0.339. The van der Waals surface area contributed by atoms with Crippen molar-refractivity contribution in [3.05, 3.63) is 54.0 Å². The molecule has 6 nitrogen and oxygen atoms in total. The van der Waals surface area contributed by atoms with Crippen LogP contribution in [0.3, 0.4) is 0 Å². The average Bonchev–Trinajstić information content (AvgIpc) is 2.65. The summed E-state index contributed by atoms with van der Waals surface area (Å²) in [6.07, 6.45) is 2.69. The van der Waals surface area contributed by atoms with Gasteiger partial charge < -0.3 is 10.1 Å². The number of nitrogens with zero attached hydrogens (tertiary/aromatic N) is 2. The topological polar surface area (TPSA) is 81.2 Å². The lowest BCUT2D eigenvalue weighted by Crippen LogP contribution is -2.33. The van der Waals surface area contributed by atoms with Crippen LogP contribution in [-0.2, 0) is 9.53 Å². The molecule has 1 amide bonds. The van der Waals surface area contributed by atoms with Crippen molar-refractivity contribution in [2.45, 2.75) is 13.0 Å². The van der Waals surface area contributed by atoms with Crippen molar-refractivity contribution >= 4 is 38.9 Å². The number of methoxy groups -OCH3 is 1.